The first kappa shape index (κ1) is 45.5. The van der Waals surface area contributed by atoms with Gasteiger partial charge in [0.15, 0.2) is 0 Å². The normalized spacial score (nSPS) is 9.78. The zero-order chi connectivity index (χ0) is 37.6. The molecular formula is C40H45Br5O5. The Labute approximate surface area is 339 Å². The van der Waals surface area contributed by atoms with E-state index in [-0.39, 0.29) is 0 Å². The van der Waals surface area contributed by atoms with E-state index in [9.17, 15) is 15.3 Å². The fraction of sp³-hybridized carbons (Fsp3) is 0.250. The van der Waals surface area contributed by atoms with Crippen molar-refractivity contribution in [1.29, 1.82) is 0 Å². The van der Waals surface area contributed by atoms with Gasteiger partial charge in [-0.15, -0.1) is 0 Å². The Morgan fingerprint density at radius 2 is 0.800 bits per heavy atom. The molecule has 0 aromatic heterocycles. The lowest BCUT2D eigenvalue weighted by atomic mass is 10.1. The molecule has 10 heteroatoms. The van der Waals surface area contributed by atoms with Crippen LogP contribution in [0.25, 0.3) is 0 Å². The molecule has 0 atom stereocenters. The fourth-order valence-corrected chi connectivity index (χ4v) is 6.01. The van der Waals surface area contributed by atoms with Crippen LogP contribution in [0, 0.1) is 6.92 Å². The maximum Gasteiger partial charge on any atom is 0.118 e. The molecule has 5 nitrogen and oxygen atoms in total. The van der Waals surface area contributed by atoms with Crippen LogP contribution in [0.3, 0.4) is 0 Å². The van der Waals surface area contributed by atoms with E-state index in [0.717, 1.165) is 83.1 Å². The lowest BCUT2D eigenvalue weighted by molar-refractivity contribution is 0.466. The van der Waals surface area contributed by atoms with Gasteiger partial charge in [0.1, 0.15) is 28.7 Å². The van der Waals surface area contributed by atoms with Crippen LogP contribution in [0.1, 0.15) is 62.3 Å². The van der Waals surface area contributed by atoms with Crippen LogP contribution in [0.2, 0.25) is 0 Å². The summed E-state index contributed by atoms with van der Waals surface area (Å²) in [5.41, 5.74) is 3.92. The summed E-state index contributed by atoms with van der Waals surface area (Å²) in [7, 11) is 0. The van der Waals surface area contributed by atoms with E-state index in [2.05, 4.69) is 93.5 Å². The van der Waals surface area contributed by atoms with Gasteiger partial charge in [0.2, 0.25) is 0 Å². The quantitative estimate of drug-likeness (QED) is 0.117. The van der Waals surface area contributed by atoms with Crippen LogP contribution in [0.15, 0.2) is 119 Å². The first-order valence-corrected chi connectivity index (χ1v) is 20.0. The highest BCUT2D eigenvalue weighted by Gasteiger charge is 2.01. The smallest absolute Gasteiger partial charge is 0.118 e. The van der Waals surface area contributed by atoms with Gasteiger partial charge in [-0.3, -0.25) is 0 Å². The second-order valence-electron chi connectivity index (χ2n) is 10.9. The summed E-state index contributed by atoms with van der Waals surface area (Å²) in [5.74, 6) is 1.83. The SMILES string of the molecule is CCCCc1cc(Br)ccc1O.CCCc1cc(Br)ccc1O.CCc1cc(Br)ccc1O.Cc1cc(Br)ccc1O.Oc1ccc(Br)cc1. The number of halogens is 5. The van der Waals surface area contributed by atoms with Crippen LogP contribution in [0.4, 0.5) is 0 Å². The summed E-state index contributed by atoms with van der Waals surface area (Å²) < 4.78 is 5.06. The topological polar surface area (TPSA) is 101 Å². The lowest BCUT2D eigenvalue weighted by Gasteiger charge is -2.03. The molecule has 0 saturated heterocycles. The highest BCUT2D eigenvalue weighted by Crippen LogP contribution is 2.25. The minimum atomic E-state index is 0.299. The molecule has 0 radical (unpaired) electrons. The summed E-state index contributed by atoms with van der Waals surface area (Å²) in [5, 5.41) is 45.8. The number of hydrogen-bond acceptors (Lipinski definition) is 5. The summed E-state index contributed by atoms with van der Waals surface area (Å²) >= 11 is 16.6. The van der Waals surface area contributed by atoms with E-state index >= 15 is 0 Å². The molecule has 50 heavy (non-hydrogen) atoms. The van der Waals surface area contributed by atoms with Crippen molar-refractivity contribution in [3.8, 4) is 28.7 Å². The van der Waals surface area contributed by atoms with Crippen LogP contribution in [-0.2, 0) is 19.3 Å². The zero-order valence-electron chi connectivity index (χ0n) is 28.6. The molecule has 0 heterocycles. The van der Waals surface area contributed by atoms with Gasteiger partial charge in [-0.25, -0.2) is 0 Å². The van der Waals surface area contributed by atoms with Gasteiger partial charge in [-0.2, -0.15) is 0 Å². The lowest BCUT2D eigenvalue weighted by Crippen LogP contribution is -1.85. The average molecular weight is 1010 g/mol. The summed E-state index contributed by atoms with van der Waals surface area (Å²) in [4.78, 5) is 0. The minimum Gasteiger partial charge on any atom is -0.508 e. The Morgan fingerprint density at radius 3 is 1.16 bits per heavy atom. The maximum absolute atomic E-state index is 9.44. The number of aryl methyl sites for hydroxylation is 4. The van der Waals surface area contributed by atoms with E-state index in [1.165, 1.54) is 0 Å². The molecule has 5 rings (SSSR count). The van der Waals surface area contributed by atoms with E-state index in [0.29, 0.717) is 28.7 Å². The largest absolute Gasteiger partial charge is 0.508 e. The van der Waals surface area contributed by atoms with Gasteiger partial charge in [-0.1, -0.05) is 113 Å². The Bertz CT molecular complexity index is 1690. The van der Waals surface area contributed by atoms with Crippen molar-refractivity contribution in [3.05, 3.63) is 142 Å². The molecular weight excluding hydrogens is 960 g/mol. The van der Waals surface area contributed by atoms with Crippen molar-refractivity contribution in [3.63, 3.8) is 0 Å². The Balaban J connectivity index is 0.000000314. The minimum absolute atomic E-state index is 0.299. The van der Waals surface area contributed by atoms with Crippen LogP contribution in [0.5, 0.6) is 28.7 Å². The van der Waals surface area contributed by atoms with Crippen molar-refractivity contribution in [2.75, 3.05) is 0 Å². The molecule has 0 unspecified atom stereocenters. The molecule has 0 aliphatic rings. The molecule has 5 aromatic rings. The molecule has 0 aliphatic carbocycles. The second-order valence-corrected chi connectivity index (χ2v) is 15.5. The highest BCUT2D eigenvalue weighted by molar-refractivity contribution is 9.11. The molecule has 0 spiro atoms. The van der Waals surface area contributed by atoms with Gasteiger partial charge < -0.3 is 25.5 Å². The number of phenols is 5. The third-order valence-corrected chi connectivity index (χ3v) is 9.31. The Kier molecular flexibility index (Phi) is 23.2. The van der Waals surface area contributed by atoms with Crippen molar-refractivity contribution < 1.29 is 25.5 Å². The van der Waals surface area contributed by atoms with Gasteiger partial charge in [-0.05, 0) is 152 Å². The van der Waals surface area contributed by atoms with Crippen LogP contribution < -0.4 is 0 Å². The third-order valence-electron chi connectivity index (χ3n) is 6.81. The standard InChI is InChI=1S/C10H13BrO.C9H11BrO.C8H9BrO.C7H7BrO.C6H5BrO/c1-2-3-4-8-7-9(11)5-6-10(8)12;1-2-3-7-6-8(10)4-5-9(7)11;1-2-6-5-7(9)3-4-8(6)10;1-5-4-6(8)2-3-7(5)9;7-5-1-3-6(8)4-2-5/h5-7,12H,2-4H2,1H3;4-6,11H,2-3H2,1H3;3-5,10H,2H2,1H3;2-4,9H,1H3;1-4,8H. The van der Waals surface area contributed by atoms with Crippen molar-refractivity contribution in [1.82, 2.24) is 0 Å². The first-order valence-electron chi connectivity index (χ1n) is 16.0. The van der Waals surface area contributed by atoms with E-state index in [1.54, 1.807) is 48.5 Å². The monoisotopic (exact) mass is 1000 g/mol. The second kappa shape index (κ2) is 25.5. The molecule has 0 bridgehead atoms. The van der Waals surface area contributed by atoms with Crippen molar-refractivity contribution >= 4 is 79.6 Å². The maximum atomic E-state index is 9.44. The number of phenolic OH excluding ortho intramolecular Hbond substituents is 5. The van der Waals surface area contributed by atoms with Crippen LogP contribution in [-0.4, -0.2) is 25.5 Å². The summed E-state index contributed by atoms with van der Waals surface area (Å²) in [6, 6.07) is 28.7. The zero-order valence-corrected chi connectivity index (χ0v) is 36.5. The number of rotatable bonds is 6. The highest BCUT2D eigenvalue weighted by atomic mass is 79.9. The average Bonchev–Trinajstić information content (AvgIpc) is 3.09. The molecule has 5 aromatic carbocycles. The molecule has 270 valence electrons. The fourth-order valence-electron chi connectivity index (χ4n) is 4.04. The van der Waals surface area contributed by atoms with Gasteiger partial charge in [0.25, 0.3) is 0 Å². The number of unbranched alkanes of at least 4 members (excludes halogenated alkanes) is 1. The van der Waals surface area contributed by atoms with Gasteiger partial charge >= 0.3 is 0 Å². The molecule has 0 aliphatic heterocycles. The van der Waals surface area contributed by atoms with Crippen molar-refractivity contribution in [2.24, 2.45) is 0 Å². The van der Waals surface area contributed by atoms with Crippen molar-refractivity contribution in [2.45, 2.75) is 66.2 Å². The Hall–Kier alpha value is -2.50. The first-order chi connectivity index (χ1) is 23.7. The summed E-state index contributed by atoms with van der Waals surface area (Å²) in [6.07, 6.45) is 6.11. The molecule has 5 N–H and O–H groups in total. The molecule has 0 saturated carbocycles. The summed E-state index contributed by atoms with van der Waals surface area (Å²) in [6.45, 7) is 8.12. The Morgan fingerprint density at radius 1 is 0.420 bits per heavy atom. The van der Waals surface area contributed by atoms with Crippen LogP contribution >= 0.6 is 79.6 Å². The third kappa shape index (κ3) is 19.2. The van der Waals surface area contributed by atoms with E-state index in [4.69, 9.17) is 10.2 Å². The number of aromatic hydroxyl groups is 5. The van der Waals surface area contributed by atoms with Gasteiger partial charge in [0.05, 0.1) is 0 Å². The number of hydrogen-bond donors (Lipinski definition) is 5. The van der Waals surface area contributed by atoms with Gasteiger partial charge in [0, 0.05) is 22.4 Å². The van der Waals surface area contributed by atoms with E-state index in [1.807, 2.05) is 62.4 Å². The molecule has 0 fully saturated rings. The molecule has 0 amide bonds. The number of benzene rings is 5. The predicted octanol–water partition coefficient (Wildman–Crippen LogP) is 13.9. The van der Waals surface area contributed by atoms with E-state index < -0.39 is 0 Å². The predicted molar refractivity (Wildman–Crippen MR) is 226 cm³/mol.